The molecule has 23 heavy (non-hydrogen) atoms. The van der Waals surface area contributed by atoms with Gasteiger partial charge in [-0.1, -0.05) is 29.3 Å². The molecule has 2 N–H and O–H groups in total. The number of carbonyl (C=O) groups excluding carboxylic acids is 2. The first-order chi connectivity index (χ1) is 11.0. The van der Waals surface area contributed by atoms with Crippen LogP contribution < -0.4 is 10.6 Å². The zero-order valence-corrected chi connectivity index (χ0v) is 14.0. The van der Waals surface area contributed by atoms with Crippen molar-refractivity contribution < 1.29 is 9.59 Å². The maximum Gasteiger partial charge on any atom is 0.221 e. The van der Waals surface area contributed by atoms with Crippen molar-refractivity contribution in [2.24, 2.45) is 0 Å². The second-order valence-corrected chi connectivity index (χ2v) is 5.86. The average molecular weight is 351 g/mol. The molecule has 2 aromatic carbocycles. The molecule has 2 aromatic rings. The molecule has 6 heteroatoms. The van der Waals surface area contributed by atoms with E-state index in [2.05, 4.69) is 10.6 Å². The monoisotopic (exact) mass is 350 g/mol. The van der Waals surface area contributed by atoms with Crippen molar-refractivity contribution in [3.8, 4) is 0 Å². The Balaban J connectivity index is 1.88. The van der Waals surface area contributed by atoms with Gasteiger partial charge in [0.1, 0.15) is 0 Å². The average Bonchev–Trinajstić information content (AvgIpc) is 2.49. The summed E-state index contributed by atoms with van der Waals surface area (Å²) in [5, 5.41) is 6.86. The Bertz CT molecular complexity index is 715. The number of rotatable bonds is 6. The number of amides is 1. The van der Waals surface area contributed by atoms with Gasteiger partial charge in [-0.05, 0) is 42.0 Å². The third-order valence-electron chi connectivity index (χ3n) is 3.14. The molecule has 0 aliphatic rings. The molecular formula is C17H16Cl2N2O2. The number of anilines is 1. The van der Waals surface area contributed by atoms with E-state index in [1.807, 2.05) is 6.07 Å². The van der Waals surface area contributed by atoms with Crippen molar-refractivity contribution in [1.29, 1.82) is 0 Å². The van der Waals surface area contributed by atoms with Gasteiger partial charge in [-0.15, -0.1) is 0 Å². The largest absolute Gasteiger partial charge is 0.326 e. The summed E-state index contributed by atoms with van der Waals surface area (Å²) < 4.78 is 0. The number of carbonyl (C=O) groups is 2. The molecular weight excluding hydrogens is 335 g/mol. The minimum absolute atomic E-state index is 0.0375. The normalized spacial score (nSPS) is 10.4. The smallest absolute Gasteiger partial charge is 0.221 e. The van der Waals surface area contributed by atoms with Gasteiger partial charge in [-0.3, -0.25) is 9.59 Å². The van der Waals surface area contributed by atoms with Crippen LogP contribution in [0.3, 0.4) is 0 Å². The summed E-state index contributed by atoms with van der Waals surface area (Å²) in [5.74, 6) is -0.185. The van der Waals surface area contributed by atoms with Crippen LogP contribution in [0, 0.1) is 0 Å². The van der Waals surface area contributed by atoms with Crippen LogP contribution in [0.1, 0.15) is 22.8 Å². The van der Waals surface area contributed by atoms with E-state index in [0.717, 1.165) is 5.56 Å². The number of benzene rings is 2. The minimum atomic E-state index is -0.148. The Morgan fingerprint density at radius 2 is 1.74 bits per heavy atom. The Kier molecular flexibility index (Phi) is 6.16. The number of hydrogen-bond donors (Lipinski definition) is 2. The molecule has 120 valence electrons. The van der Waals surface area contributed by atoms with Crippen molar-refractivity contribution in [3.63, 3.8) is 0 Å². The first-order valence-electron chi connectivity index (χ1n) is 7.01. The Morgan fingerprint density at radius 3 is 2.35 bits per heavy atom. The highest BCUT2D eigenvalue weighted by Crippen LogP contribution is 2.20. The van der Waals surface area contributed by atoms with E-state index in [4.69, 9.17) is 23.2 Å². The molecule has 0 radical (unpaired) electrons. The highest BCUT2D eigenvalue weighted by molar-refractivity contribution is 6.35. The van der Waals surface area contributed by atoms with Gasteiger partial charge in [0.25, 0.3) is 0 Å². The Labute approximate surface area is 144 Å². The molecule has 0 fully saturated rings. The molecule has 0 bridgehead atoms. The summed E-state index contributed by atoms with van der Waals surface area (Å²) in [4.78, 5) is 23.1. The second kappa shape index (κ2) is 8.11. The van der Waals surface area contributed by atoms with Gasteiger partial charge >= 0.3 is 0 Å². The standard InChI is InChI=1S/C17H16Cl2N2O2/c1-11(22)21-15-6-3-12(4-7-15)17(23)10-20-9-13-2-5-14(18)8-16(13)19/h2-8,20H,9-10H2,1H3,(H,21,22). The van der Waals surface area contributed by atoms with Gasteiger partial charge in [-0.25, -0.2) is 0 Å². The quantitative estimate of drug-likeness (QED) is 0.776. The lowest BCUT2D eigenvalue weighted by atomic mass is 10.1. The van der Waals surface area contributed by atoms with E-state index in [0.29, 0.717) is 27.8 Å². The maximum absolute atomic E-state index is 12.1. The zero-order chi connectivity index (χ0) is 16.8. The van der Waals surface area contributed by atoms with Crippen molar-refractivity contribution in [3.05, 3.63) is 63.6 Å². The number of hydrogen-bond acceptors (Lipinski definition) is 3. The predicted octanol–water partition coefficient (Wildman–Crippen LogP) is 3.92. The number of ketones is 1. The summed E-state index contributed by atoms with van der Waals surface area (Å²) in [7, 11) is 0. The van der Waals surface area contributed by atoms with Crippen LogP contribution in [0.15, 0.2) is 42.5 Å². The third-order valence-corrected chi connectivity index (χ3v) is 3.73. The zero-order valence-electron chi connectivity index (χ0n) is 12.5. The molecule has 0 spiro atoms. The first-order valence-corrected chi connectivity index (χ1v) is 7.77. The van der Waals surface area contributed by atoms with Crippen molar-refractivity contribution in [2.45, 2.75) is 13.5 Å². The van der Waals surface area contributed by atoms with Gasteiger partial charge in [0.2, 0.25) is 5.91 Å². The van der Waals surface area contributed by atoms with Crippen molar-refractivity contribution in [2.75, 3.05) is 11.9 Å². The molecule has 0 aliphatic carbocycles. The molecule has 0 saturated heterocycles. The molecule has 0 atom stereocenters. The van der Waals surface area contributed by atoms with Crippen LogP contribution in [-0.2, 0) is 11.3 Å². The lowest BCUT2D eigenvalue weighted by Gasteiger charge is -2.07. The summed E-state index contributed by atoms with van der Waals surface area (Å²) in [6, 6.07) is 12.0. The molecule has 0 aliphatic heterocycles. The fourth-order valence-corrected chi connectivity index (χ4v) is 2.50. The lowest BCUT2D eigenvalue weighted by molar-refractivity contribution is -0.114. The van der Waals surface area contributed by atoms with Crippen LogP contribution in [-0.4, -0.2) is 18.2 Å². The summed E-state index contributed by atoms with van der Waals surface area (Å²) in [6.07, 6.45) is 0. The molecule has 0 heterocycles. The van der Waals surface area contributed by atoms with Crippen molar-refractivity contribution in [1.82, 2.24) is 5.32 Å². The summed E-state index contributed by atoms with van der Waals surface area (Å²) >= 11 is 11.9. The molecule has 2 rings (SSSR count). The van der Waals surface area contributed by atoms with E-state index in [1.165, 1.54) is 6.92 Å². The number of nitrogens with one attached hydrogen (secondary N) is 2. The van der Waals surface area contributed by atoms with E-state index in [9.17, 15) is 9.59 Å². The van der Waals surface area contributed by atoms with E-state index in [1.54, 1.807) is 36.4 Å². The van der Waals surface area contributed by atoms with Crippen LogP contribution in [0.2, 0.25) is 10.0 Å². The molecule has 4 nitrogen and oxygen atoms in total. The number of Topliss-reactive ketones (excluding diaryl/α,β-unsaturated/α-hetero) is 1. The van der Waals surface area contributed by atoms with Gasteiger partial charge in [0.15, 0.2) is 5.78 Å². The second-order valence-electron chi connectivity index (χ2n) is 5.02. The van der Waals surface area contributed by atoms with E-state index in [-0.39, 0.29) is 18.2 Å². The third kappa shape index (κ3) is 5.36. The van der Waals surface area contributed by atoms with E-state index >= 15 is 0 Å². The SMILES string of the molecule is CC(=O)Nc1ccc(C(=O)CNCc2ccc(Cl)cc2Cl)cc1. The summed E-state index contributed by atoms with van der Waals surface area (Å²) in [6.45, 7) is 2.11. The minimum Gasteiger partial charge on any atom is -0.326 e. The van der Waals surface area contributed by atoms with E-state index < -0.39 is 0 Å². The molecule has 0 aromatic heterocycles. The van der Waals surface area contributed by atoms with Crippen molar-refractivity contribution >= 4 is 40.6 Å². The highest BCUT2D eigenvalue weighted by atomic mass is 35.5. The van der Waals surface area contributed by atoms with Gasteiger partial charge in [0.05, 0.1) is 6.54 Å². The van der Waals surface area contributed by atoms with Crippen LogP contribution >= 0.6 is 23.2 Å². The Morgan fingerprint density at radius 1 is 1.04 bits per heavy atom. The maximum atomic E-state index is 12.1. The van der Waals surface area contributed by atoms with Gasteiger partial charge < -0.3 is 10.6 Å². The molecule has 1 amide bonds. The Hall–Kier alpha value is -1.88. The predicted molar refractivity (Wildman–Crippen MR) is 93.2 cm³/mol. The fourth-order valence-electron chi connectivity index (χ4n) is 2.02. The fraction of sp³-hybridized carbons (Fsp3) is 0.176. The van der Waals surface area contributed by atoms with Crippen LogP contribution in [0.4, 0.5) is 5.69 Å². The highest BCUT2D eigenvalue weighted by Gasteiger charge is 2.07. The number of halogens is 2. The lowest BCUT2D eigenvalue weighted by Crippen LogP contribution is -2.22. The van der Waals surface area contributed by atoms with Gasteiger partial charge in [0, 0.05) is 34.8 Å². The molecule has 0 unspecified atom stereocenters. The topological polar surface area (TPSA) is 58.2 Å². The summed E-state index contributed by atoms with van der Waals surface area (Å²) in [5.41, 5.74) is 2.12. The van der Waals surface area contributed by atoms with Gasteiger partial charge in [-0.2, -0.15) is 0 Å². The molecule has 0 saturated carbocycles. The first kappa shape index (κ1) is 17.5. The van der Waals surface area contributed by atoms with Crippen LogP contribution in [0.5, 0.6) is 0 Å². The van der Waals surface area contributed by atoms with Crippen LogP contribution in [0.25, 0.3) is 0 Å².